The first-order valence-electron chi connectivity index (χ1n) is 7.65. The summed E-state index contributed by atoms with van der Waals surface area (Å²) in [6, 6.07) is 8.38. The van der Waals surface area contributed by atoms with Gasteiger partial charge in [-0.2, -0.15) is 5.26 Å². The molecule has 2 aromatic rings. The van der Waals surface area contributed by atoms with Crippen molar-refractivity contribution in [2.24, 2.45) is 5.92 Å². The predicted octanol–water partition coefficient (Wildman–Crippen LogP) is 2.53. The molecule has 0 aliphatic heterocycles. The van der Waals surface area contributed by atoms with E-state index >= 15 is 0 Å². The summed E-state index contributed by atoms with van der Waals surface area (Å²) in [5.74, 6) is -0.823. The molecule has 7 nitrogen and oxygen atoms in total. The molecule has 0 bridgehead atoms. The number of rotatable bonds is 5. The molecular weight excluding hydrogens is 322 g/mol. The minimum absolute atomic E-state index is 0.0507. The number of ether oxygens (including phenoxy) is 2. The smallest absolute Gasteiger partial charge is 0.357 e. The van der Waals surface area contributed by atoms with Crippen LogP contribution >= 0.6 is 0 Å². The molecule has 0 fully saturated rings. The number of hydrogen-bond donors (Lipinski definition) is 1. The number of anilines is 1. The molecular formula is C18H19N3O4. The van der Waals surface area contributed by atoms with Crippen molar-refractivity contribution in [3.05, 3.63) is 47.3 Å². The van der Waals surface area contributed by atoms with Crippen molar-refractivity contribution in [2.75, 3.05) is 19.5 Å². The average Bonchev–Trinajstić information content (AvgIpc) is 2.95. The first-order valence-corrected chi connectivity index (χ1v) is 7.65. The van der Waals surface area contributed by atoms with Crippen LogP contribution in [-0.4, -0.2) is 30.2 Å². The standard InChI is InChI=1S/C18H19N3O4/c1-11(2)10-25-17(22)12-4-6-14(7-5-12)21-9-13(8-19)15(20)16(21)18(23)24-3/h4-7,9,11H,10,20H2,1-3H3. The summed E-state index contributed by atoms with van der Waals surface area (Å²) in [4.78, 5) is 23.9. The highest BCUT2D eigenvalue weighted by molar-refractivity contribution is 5.96. The van der Waals surface area contributed by atoms with E-state index in [1.165, 1.54) is 17.9 Å². The zero-order valence-corrected chi connectivity index (χ0v) is 14.3. The van der Waals surface area contributed by atoms with Crippen LogP contribution in [0, 0.1) is 17.2 Å². The van der Waals surface area contributed by atoms with E-state index in [0.717, 1.165) is 0 Å². The molecule has 130 valence electrons. The monoisotopic (exact) mass is 341 g/mol. The Labute approximate surface area is 145 Å². The summed E-state index contributed by atoms with van der Waals surface area (Å²) in [5.41, 5.74) is 7.10. The number of esters is 2. The summed E-state index contributed by atoms with van der Waals surface area (Å²) in [6.45, 7) is 4.24. The Morgan fingerprint density at radius 2 is 1.88 bits per heavy atom. The normalized spacial score (nSPS) is 10.4. The number of aromatic nitrogens is 1. The number of methoxy groups -OCH3 is 1. The number of hydrogen-bond acceptors (Lipinski definition) is 6. The summed E-state index contributed by atoms with van der Waals surface area (Å²) in [5, 5.41) is 9.12. The van der Waals surface area contributed by atoms with Gasteiger partial charge in [-0.25, -0.2) is 9.59 Å². The van der Waals surface area contributed by atoms with Crippen molar-refractivity contribution in [3.63, 3.8) is 0 Å². The van der Waals surface area contributed by atoms with Gasteiger partial charge >= 0.3 is 11.9 Å². The summed E-state index contributed by atoms with van der Waals surface area (Å²) < 4.78 is 11.4. The molecule has 0 aliphatic rings. The molecule has 0 aliphatic carbocycles. The van der Waals surface area contributed by atoms with Crippen molar-refractivity contribution in [1.82, 2.24) is 4.57 Å². The molecule has 1 aromatic carbocycles. The second-order valence-electron chi connectivity index (χ2n) is 5.82. The Morgan fingerprint density at radius 1 is 1.24 bits per heavy atom. The maximum absolute atomic E-state index is 12.0. The maximum Gasteiger partial charge on any atom is 0.357 e. The number of carbonyl (C=O) groups is 2. The molecule has 0 unspecified atom stereocenters. The van der Waals surface area contributed by atoms with Crippen LogP contribution in [0.4, 0.5) is 5.69 Å². The second-order valence-corrected chi connectivity index (χ2v) is 5.82. The number of nitriles is 1. The first kappa shape index (κ1) is 18.1. The van der Waals surface area contributed by atoms with E-state index < -0.39 is 11.9 Å². The molecule has 0 spiro atoms. The fourth-order valence-electron chi connectivity index (χ4n) is 2.20. The van der Waals surface area contributed by atoms with Gasteiger partial charge < -0.3 is 19.8 Å². The zero-order chi connectivity index (χ0) is 18.6. The fraction of sp³-hybridized carbons (Fsp3) is 0.278. The van der Waals surface area contributed by atoms with Gasteiger partial charge in [0.25, 0.3) is 0 Å². The van der Waals surface area contributed by atoms with Crippen LogP contribution in [0.25, 0.3) is 5.69 Å². The number of nitrogens with zero attached hydrogens (tertiary/aromatic N) is 2. The summed E-state index contributed by atoms with van der Waals surface area (Å²) in [6.07, 6.45) is 1.45. The van der Waals surface area contributed by atoms with E-state index in [1.54, 1.807) is 24.3 Å². The van der Waals surface area contributed by atoms with Gasteiger partial charge in [0.1, 0.15) is 6.07 Å². The SMILES string of the molecule is COC(=O)c1c(N)c(C#N)cn1-c1ccc(C(=O)OCC(C)C)cc1. The third-order valence-corrected chi connectivity index (χ3v) is 3.47. The van der Waals surface area contributed by atoms with Gasteiger partial charge in [-0.15, -0.1) is 0 Å². The highest BCUT2D eigenvalue weighted by Gasteiger charge is 2.21. The molecule has 1 heterocycles. The van der Waals surface area contributed by atoms with E-state index in [-0.39, 0.29) is 22.9 Å². The van der Waals surface area contributed by atoms with Gasteiger partial charge in [0.05, 0.1) is 30.5 Å². The van der Waals surface area contributed by atoms with Gasteiger partial charge in [0, 0.05) is 11.9 Å². The number of carbonyl (C=O) groups excluding carboxylic acids is 2. The Morgan fingerprint density at radius 3 is 2.40 bits per heavy atom. The lowest BCUT2D eigenvalue weighted by Gasteiger charge is -2.10. The molecule has 0 amide bonds. The predicted molar refractivity (Wildman–Crippen MR) is 91.4 cm³/mol. The lowest BCUT2D eigenvalue weighted by molar-refractivity contribution is 0.0458. The maximum atomic E-state index is 12.0. The van der Waals surface area contributed by atoms with Crippen LogP contribution in [-0.2, 0) is 9.47 Å². The van der Waals surface area contributed by atoms with Crippen molar-refractivity contribution in [3.8, 4) is 11.8 Å². The fourth-order valence-corrected chi connectivity index (χ4v) is 2.20. The lowest BCUT2D eigenvalue weighted by atomic mass is 10.2. The van der Waals surface area contributed by atoms with Gasteiger partial charge in [-0.3, -0.25) is 0 Å². The van der Waals surface area contributed by atoms with Crippen molar-refractivity contribution in [1.29, 1.82) is 5.26 Å². The molecule has 0 radical (unpaired) electrons. The third kappa shape index (κ3) is 3.80. The molecule has 25 heavy (non-hydrogen) atoms. The molecule has 2 rings (SSSR count). The van der Waals surface area contributed by atoms with Crippen LogP contribution in [0.2, 0.25) is 0 Å². The lowest BCUT2D eigenvalue weighted by Crippen LogP contribution is -2.12. The molecule has 0 saturated carbocycles. The zero-order valence-electron chi connectivity index (χ0n) is 14.3. The Balaban J connectivity index is 2.36. The van der Waals surface area contributed by atoms with Crippen molar-refractivity contribution >= 4 is 17.6 Å². The largest absolute Gasteiger partial charge is 0.464 e. The average molecular weight is 341 g/mol. The molecule has 0 atom stereocenters. The van der Waals surface area contributed by atoms with Crippen molar-refractivity contribution < 1.29 is 19.1 Å². The summed E-state index contributed by atoms with van der Waals surface area (Å²) in [7, 11) is 1.24. The van der Waals surface area contributed by atoms with Crippen molar-refractivity contribution in [2.45, 2.75) is 13.8 Å². The van der Waals surface area contributed by atoms with Gasteiger partial charge in [-0.1, -0.05) is 13.8 Å². The van der Waals surface area contributed by atoms with Crippen LogP contribution in [0.15, 0.2) is 30.5 Å². The van der Waals surface area contributed by atoms with E-state index in [1.807, 2.05) is 19.9 Å². The summed E-state index contributed by atoms with van der Waals surface area (Å²) >= 11 is 0. The Bertz CT molecular complexity index is 829. The van der Waals surface area contributed by atoms with Crippen LogP contribution in [0.3, 0.4) is 0 Å². The quantitative estimate of drug-likeness (QED) is 0.837. The topological polar surface area (TPSA) is 107 Å². The first-order chi connectivity index (χ1) is 11.9. The number of nitrogens with two attached hydrogens (primary N) is 1. The van der Waals surface area contributed by atoms with Gasteiger partial charge in [-0.05, 0) is 30.2 Å². The van der Waals surface area contributed by atoms with Crippen LogP contribution in [0.1, 0.15) is 40.3 Å². The van der Waals surface area contributed by atoms with E-state index in [2.05, 4.69) is 0 Å². The third-order valence-electron chi connectivity index (χ3n) is 3.47. The Kier molecular flexibility index (Phi) is 5.45. The Hall–Kier alpha value is -3.27. The van der Waals surface area contributed by atoms with Gasteiger partial charge in [0.15, 0.2) is 5.69 Å². The van der Waals surface area contributed by atoms with E-state index in [0.29, 0.717) is 17.9 Å². The highest BCUT2D eigenvalue weighted by atomic mass is 16.5. The molecule has 1 aromatic heterocycles. The minimum Gasteiger partial charge on any atom is -0.464 e. The second kappa shape index (κ2) is 7.53. The van der Waals surface area contributed by atoms with E-state index in [9.17, 15) is 9.59 Å². The highest BCUT2D eigenvalue weighted by Crippen LogP contribution is 2.25. The number of nitrogen functional groups attached to an aromatic ring is 1. The molecule has 7 heteroatoms. The molecule has 2 N–H and O–H groups in total. The minimum atomic E-state index is -0.653. The van der Waals surface area contributed by atoms with Crippen LogP contribution < -0.4 is 5.73 Å². The molecule has 0 saturated heterocycles. The van der Waals surface area contributed by atoms with E-state index in [4.69, 9.17) is 20.5 Å². The van der Waals surface area contributed by atoms with Crippen LogP contribution in [0.5, 0.6) is 0 Å². The number of benzene rings is 1. The van der Waals surface area contributed by atoms with Gasteiger partial charge in [0.2, 0.25) is 0 Å².